The summed E-state index contributed by atoms with van der Waals surface area (Å²) in [4.78, 5) is 11.5. The van der Waals surface area contributed by atoms with E-state index >= 15 is 0 Å². The van der Waals surface area contributed by atoms with Gasteiger partial charge in [-0.25, -0.2) is 8.78 Å². The maximum Gasteiger partial charge on any atom is 0.133 e. The van der Waals surface area contributed by atoms with Crippen molar-refractivity contribution in [3.05, 3.63) is 35.4 Å². The van der Waals surface area contributed by atoms with Gasteiger partial charge in [0.15, 0.2) is 0 Å². The SMILES string of the molecule is O=C1CCCCC(Cc2cc(F)ccc2F)C1. The molecule has 1 atom stereocenters. The molecule has 1 nitrogen and oxygen atoms in total. The Morgan fingerprint density at radius 2 is 2.06 bits per heavy atom. The highest BCUT2D eigenvalue weighted by Gasteiger charge is 2.19. The third kappa shape index (κ3) is 3.35. The van der Waals surface area contributed by atoms with Crippen LogP contribution in [-0.2, 0) is 11.2 Å². The highest BCUT2D eigenvalue weighted by atomic mass is 19.1. The van der Waals surface area contributed by atoms with Gasteiger partial charge in [0.1, 0.15) is 17.4 Å². The fourth-order valence-electron chi connectivity index (χ4n) is 2.47. The zero-order chi connectivity index (χ0) is 12.3. The first-order valence-electron chi connectivity index (χ1n) is 6.11. The van der Waals surface area contributed by atoms with Crippen LogP contribution in [0, 0.1) is 17.6 Å². The Kier molecular flexibility index (Phi) is 3.87. The molecule has 1 aliphatic rings. The van der Waals surface area contributed by atoms with E-state index in [-0.39, 0.29) is 17.5 Å². The van der Waals surface area contributed by atoms with Crippen molar-refractivity contribution < 1.29 is 13.6 Å². The van der Waals surface area contributed by atoms with Crippen molar-refractivity contribution in [2.45, 2.75) is 38.5 Å². The first-order valence-corrected chi connectivity index (χ1v) is 6.11. The minimum atomic E-state index is -0.415. The molecule has 0 radical (unpaired) electrons. The van der Waals surface area contributed by atoms with Crippen LogP contribution in [0.1, 0.15) is 37.7 Å². The number of carbonyl (C=O) groups is 1. The van der Waals surface area contributed by atoms with Crippen molar-refractivity contribution in [1.29, 1.82) is 0 Å². The van der Waals surface area contributed by atoms with Crippen LogP contribution in [0.4, 0.5) is 8.78 Å². The van der Waals surface area contributed by atoms with Gasteiger partial charge < -0.3 is 0 Å². The van der Waals surface area contributed by atoms with Gasteiger partial charge in [-0.1, -0.05) is 6.42 Å². The molecule has 1 aromatic rings. The van der Waals surface area contributed by atoms with E-state index in [1.54, 1.807) is 0 Å². The van der Waals surface area contributed by atoms with Crippen molar-refractivity contribution in [3.63, 3.8) is 0 Å². The summed E-state index contributed by atoms with van der Waals surface area (Å²) >= 11 is 0. The highest BCUT2D eigenvalue weighted by molar-refractivity contribution is 5.78. The van der Waals surface area contributed by atoms with E-state index in [0.717, 1.165) is 31.4 Å². The first kappa shape index (κ1) is 12.2. The summed E-state index contributed by atoms with van der Waals surface area (Å²) < 4.78 is 26.5. The van der Waals surface area contributed by atoms with Gasteiger partial charge in [0, 0.05) is 12.8 Å². The number of carbonyl (C=O) groups excluding carboxylic acids is 1. The van der Waals surface area contributed by atoms with Gasteiger partial charge in [-0.05, 0) is 48.9 Å². The summed E-state index contributed by atoms with van der Waals surface area (Å²) in [7, 11) is 0. The molecule has 0 saturated heterocycles. The Labute approximate surface area is 99.8 Å². The number of rotatable bonds is 2. The third-order valence-corrected chi connectivity index (χ3v) is 3.35. The Balaban J connectivity index is 2.08. The summed E-state index contributed by atoms with van der Waals surface area (Å²) in [5, 5.41) is 0. The maximum atomic E-state index is 13.5. The maximum absolute atomic E-state index is 13.5. The molecule has 0 aliphatic heterocycles. The van der Waals surface area contributed by atoms with Gasteiger partial charge in [0.05, 0.1) is 0 Å². The van der Waals surface area contributed by atoms with Crippen LogP contribution in [-0.4, -0.2) is 5.78 Å². The molecule has 0 amide bonds. The van der Waals surface area contributed by atoms with Crippen LogP contribution in [0.15, 0.2) is 18.2 Å². The van der Waals surface area contributed by atoms with Crippen molar-refractivity contribution in [3.8, 4) is 0 Å². The summed E-state index contributed by atoms with van der Waals surface area (Å²) in [6.07, 6.45) is 4.49. The zero-order valence-corrected chi connectivity index (χ0v) is 9.72. The summed E-state index contributed by atoms with van der Waals surface area (Å²) in [6.45, 7) is 0. The van der Waals surface area contributed by atoms with Gasteiger partial charge in [0.25, 0.3) is 0 Å². The Bertz CT molecular complexity index is 415. The van der Waals surface area contributed by atoms with E-state index < -0.39 is 5.82 Å². The van der Waals surface area contributed by atoms with E-state index in [0.29, 0.717) is 24.8 Å². The lowest BCUT2D eigenvalue weighted by molar-refractivity contribution is -0.119. The smallest absolute Gasteiger partial charge is 0.133 e. The average Bonchev–Trinajstić information content (AvgIpc) is 2.48. The lowest BCUT2D eigenvalue weighted by atomic mass is 9.92. The molecular formula is C14H16F2O. The second-order valence-corrected chi connectivity index (χ2v) is 4.79. The molecule has 1 unspecified atom stereocenters. The van der Waals surface area contributed by atoms with Gasteiger partial charge >= 0.3 is 0 Å². The standard InChI is InChI=1S/C14H16F2O/c15-12-5-6-14(16)11(9-12)7-10-3-1-2-4-13(17)8-10/h5-6,9-10H,1-4,7-8H2. The van der Waals surface area contributed by atoms with Gasteiger partial charge in [-0.3, -0.25) is 4.79 Å². The summed E-state index contributed by atoms with van der Waals surface area (Å²) in [6, 6.07) is 3.52. The lowest BCUT2D eigenvalue weighted by Crippen LogP contribution is -2.09. The van der Waals surface area contributed by atoms with E-state index in [1.165, 1.54) is 6.07 Å². The Morgan fingerprint density at radius 1 is 1.24 bits per heavy atom. The predicted molar refractivity (Wildman–Crippen MR) is 61.6 cm³/mol. The predicted octanol–water partition coefficient (Wildman–Crippen LogP) is 3.66. The minimum absolute atomic E-state index is 0.168. The lowest BCUT2D eigenvalue weighted by Gasteiger charge is -2.13. The summed E-state index contributed by atoms with van der Waals surface area (Å²) in [5.41, 5.74) is 0.393. The Hall–Kier alpha value is -1.25. The van der Waals surface area contributed by atoms with Crippen LogP contribution >= 0.6 is 0 Å². The number of hydrogen-bond donors (Lipinski definition) is 0. The van der Waals surface area contributed by atoms with Crippen molar-refractivity contribution in [2.24, 2.45) is 5.92 Å². The molecule has 0 heterocycles. The molecule has 1 aromatic carbocycles. The Morgan fingerprint density at radius 3 is 2.88 bits per heavy atom. The molecule has 0 N–H and O–H groups in total. The molecule has 1 saturated carbocycles. The third-order valence-electron chi connectivity index (χ3n) is 3.35. The van der Waals surface area contributed by atoms with Crippen LogP contribution in [0.3, 0.4) is 0 Å². The average molecular weight is 238 g/mol. The second-order valence-electron chi connectivity index (χ2n) is 4.79. The van der Waals surface area contributed by atoms with Crippen molar-refractivity contribution in [1.82, 2.24) is 0 Å². The van der Waals surface area contributed by atoms with Crippen LogP contribution in [0.5, 0.6) is 0 Å². The van der Waals surface area contributed by atoms with Crippen LogP contribution in [0.2, 0.25) is 0 Å². The molecule has 0 bridgehead atoms. The largest absolute Gasteiger partial charge is 0.300 e. The molecule has 0 aromatic heterocycles. The normalized spacial score (nSPS) is 21.3. The molecular weight excluding hydrogens is 222 g/mol. The van der Waals surface area contributed by atoms with Crippen LogP contribution in [0.25, 0.3) is 0 Å². The van der Waals surface area contributed by atoms with Gasteiger partial charge in [-0.2, -0.15) is 0 Å². The van der Waals surface area contributed by atoms with Gasteiger partial charge in [0.2, 0.25) is 0 Å². The van der Waals surface area contributed by atoms with E-state index in [4.69, 9.17) is 0 Å². The topological polar surface area (TPSA) is 17.1 Å². The molecule has 2 rings (SSSR count). The molecule has 3 heteroatoms. The van der Waals surface area contributed by atoms with Crippen molar-refractivity contribution >= 4 is 5.78 Å². The number of Topliss-reactive ketones (excluding diaryl/α,β-unsaturated/α-hetero) is 1. The monoisotopic (exact) mass is 238 g/mol. The van der Waals surface area contributed by atoms with Crippen molar-refractivity contribution in [2.75, 3.05) is 0 Å². The number of benzene rings is 1. The number of hydrogen-bond acceptors (Lipinski definition) is 1. The van der Waals surface area contributed by atoms with E-state index in [2.05, 4.69) is 0 Å². The number of halogens is 2. The minimum Gasteiger partial charge on any atom is -0.300 e. The first-order chi connectivity index (χ1) is 8.15. The summed E-state index contributed by atoms with van der Waals surface area (Å²) in [5.74, 6) is -0.366. The van der Waals surface area contributed by atoms with E-state index in [1.807, 2.05) is 0 Å². The highest BCUT2D eigenvalue weighted by Crippen LogP contribution is 2.25. The fraction of sp³-hybridized carbons (Fsp3) is 0.500. The van der Waals surface area contributed by atoms with E-state index in [9.17, 15) is 13.6 Å². The van der Waals surface area contributed by atoms with Gasteiger partial charge in [-0.15, -0.1) is 0 Å². The molecule has 1 aliphatic carbocycles. The quantitative estimate of drug-likeness (QED) is 0.719. The second kappa shape index (κ2) is 5.39. The number of ketones is 1. The fourth-order valence-corrected chi connectivity index (χ4v) is 2.47. The molecule has 1 fully saturated rings. The molecule has 17 heavy (non-hydrogen) atoms. The molecule has 92 valence electrons. The van der Waals surface area contributed by atoms with Crippen LogP contribution < -0.4 is 0 Å². The zero-order valence-electron chi connectivity index (χ0n) is 9.72. The molecule has 0 spiro atoms.